The quantitative estimate of drug-likeness (QED) is 0.294. The molecule has 4 rings (SSSR count). The first-order valence-corrected chi connectivity index (χ1v) is 14.9. The van der Waals surface area contributed by atoms with E-state index < -0.39 is 16.9 Å². The van der Waals surface area contributed by atoms with Crippen LogP contribution in [0.1, 0.15) is 30.5 Å². The normalized spacial score (nSPS) is 21.7. The summed E-state index contributed by atoms with van der Waals surface area (Å²) < 4.78 is 13.4. The van der Waals surface area contributed by atoms with Crippen LogP contribution in [0, 0.1) is 0 Å². The molecular weight excluding hydrogens is 514 g/mol. The Morgan fingerprint density at radius 2 is 2.05 bits per heavy atom. The van der Waals surface area contributed by atoms with Gasteiger partial charge in [0.25, 0.3) is 0 Å². The van der Waals surface area contributed by atoms with Gasteiger partial charge in [-0.2, -0.15) is 9.37 Å². The number of benzene rings is 1. The van der Waals surface area contributed by atoms with Gasteiger partial charge >= 0.3 is 6.03 Å². The highest BCUT2D eigenvalue weighted by molar-refractivity contribution is 8.00. The number of hydrogen-bond acceptors (Lipinski definition) is 5. The van der Waals surface area contributed by atoms with Crippen LogP contribution in [0.25, 0.3) is 16.7 Å². The van der Waals surface area contributed by atoms with E-state index in [4.69, 9.17) is 0 Å². The number of nitrogens with zero attached hydrogens (tertiary/aromatic N) is 2. The van der Waals surface area contributed by atoms with Gasteiger partial charge < -0.3 is 5.11 Å². The number of aliphatic hydroxyl groups excluding tert-OH is 1. The first-order chi connectivity index (χ1) is 18.1. The van der Waals surface area contributed by atoms with E-state index in [0.717, 1.165) is 49.5 Å². The van der Waals surface area contributed by atoms with Crippen LogP contribution in [0.15, 0.2) is 82.4 Å². The van der Waals surface area contributed by atoms with Gasteiger partial charge in [-0.15, -0.1) is 5.73 Å². The molecule has 6 nitrogen and oxygen atoms in total. The maximum absolute atomic E-state index is 12.6. The Kier molecular flexibility index (Phi) is 8.48. The summed E-state index contributed by atoms with van der Waals surface area (Å²) in [4.78, 5) is 18.1. The molecule has 2 amide bonds. The number of aliphatic hydroxyl groups is 1. The van der Waals surface area contributed by atoms with Gasteiger partial charge in [0.2, 0.25) is 0 Å². The molecule has 1 aliphatic carbocycles. The lowest BCUT2D eigenvalue weighted by Crippen LogP contribution is -2.36. The lowest BCUT2D eigenvalue weighted by Gasteiger charge is -2.21. The molecule has 1 aromatic carbocycles. The third-order valence-corrected chi connectivity index (χ3v) is 8.53. The molecule has 0 bridgehead atoms. The Bertz CT molecular complexity index is 1450. The number of fused-ring (bicyclic) bond motifs is 1. The van der Waals surface area contributed by atoms with Crippen molar-refractivity contribution < 1.29 is 18.7 Å². The van der Waals surface area contributed by atoms with Crippen molar-refractivity contribution >= 4 is 58.2 Å². The van der Waals surface area contributed by atoms with Crippen LogP contribution in [-0.4, -0.2) is 68.9 Å². The summed E-state index contributed by atoms with van der Waals surface area (Å²) in [6.45, 7) is 16.5. The van der Waals surface area contributed by atoms with Crippen molar-refractivity contribution in [3.05, 3.63) is 89.2 Å². The van der Waals surface area contributed by atoms with Crippen LogP contribution in [0.4, 0.5) is 4.79 Å². The van der Waals surface area contributed by atoms with E-state index in [-0.39, 0.29) is 17.4 Å². The highest BCUT2D eigenvalue weighted by Gasteiger charge is 2.37. The Labute approximate surface area is 230 Å². The monoisotopic (exact) mass is 546 g/mol. The molecule has 1 aromatic rings. The fraction of sp³-hybridized carbons (Fsp3) is 0.267. The Balaban J connectivity index is 1.85. The fourth-order valence-electron chi connectivity index (χ4n) is 4.52. The van der Waals surface area contributed by atoms with Gasteiger partial charge in [-0.25, -0.2) is 5.32 Å². The highest BCUT2D eigenvalue weighted by Crippen LogP contribution is 2.49. The van der Waals surface area contributed by atoms with Crippen LogP contribution >= 0.6 is 11.8 Å². The number of amides is 2. The van der Waals surface area contributed by atoms with Gasteiger partial charge in [-0.3, -0.25) is 9.20 Å². The van der Waals surface area contributed by atoms with Gasteiger partial charge in [-0.1, -0.05) is 37.1 Å². The van der Waals surface area contributed by atoms with E-state index in [1.54, 1.807) is 19.4 Å². The van der Waals surface area contributed by atoms with Crippen LogP contribution in [0.5, 0.6) is 0 Å². The second-order valence-corrected chi connectivity index (χ2v) is 11.9. The molecule has 196 valence electrons. The summed E-state index contributed by atoms with van der Waals surface area (Å²) in [6, 6.07) is 3.48. The summed E-state index contributed by atoms with van der Waals surface area (Å²) in [5.74, 6) is 0.433. The summed E-state index contributed by atoms with van der Waals surface area (Å²) >= 11 is 1.52. The third kappa shape index (κ3) is 5.74. The minimum absolute atomic E-state index is 0.270. The van der Waals surface area contributed by atoms with Crippen LogP contribution in [0.2, 0.25) is 0 Å². The maximum Gasteiger partial charge on any atom is 0.491 e. The van der Waals surface area contributed by atoms with E-state index in [1.165, 1.54) is 16.3 Å². The summed E-state index contributed by atoms with van der Waals surface area (Å²) in [6.07, 6.45) is 12.5. The number of urea groups is 1. The Morgan fingerprint density at radius 1 is 1.32 bits per heavy atom. The smallest absolute Gasteiger partial charge is 0.391 e. The lowest BCUT2D eigenvalue weighted by molar-refractivity contribution is -0.419. The molecule has 3 aliphatic rings. The van der Waals surface area contributed by atoms with E-state index in [2.05, 4.69) is 48.0 Å². The average molecular weight is 547 g/mol. The van der Waals surface area contributed by atoms with E-state index in [1.807, 2.05) is 37.3 Å². The number of dihydropyridines is 1. The molecule has 4 unspecified atom stereocenters. The molecule has 0 fully saturated rings. The maximum atomic E-state index is 12.6. The molecule has 0 aromatic heterocycles. The van der Waals surface area contributed by atoms with Crippen molar-refractivity contribution in [2.75, 3.05) is 18.6 Å². The molecule has 0 spiro atoms. The van der Waals surface area contributed by atoms with Gasteiger partial charge in [0.15, 0.2) is 5.37 Å². The van der Waals surface area contributed by atoms with Gasteiger partial charge in [0.1, 0.15) is 0 Å². The molecule has 0 saturated carbocycles. The van der Waals surface area contributed by atoms with E-state index in [9.17, 15) is 14.1 Å². The molecule has 2 heterocycles. The first-order valence-electron chi connectivity index (χ1n) is 12.3. The van der Waals surface area contributed by atoms with Crippen LogP contribution < -0.4 is 5.32 Å². The Morgan fingerprint density at radius 3 is 2.71 bits per heavy atom. The number of hydrogen-bond donors (Lipinski definition) is 2. The summed E-state index contributed by atoms with van der Waals surface area (Å²) in [7, 11) is -0.996. The van der Waals surface area contributed by atoms with Crippen molar-refractivity contribution in [2.45, 2.75) is 36.3 Å². The first kappa shape index (κ1) is 27.7. The zero-order chi connectivity index (χ0) is 27.6. The van der Waals surface area contributed by atoms with Crippen molar-refractivity contribution in [1.29, 1.82) is 0 Å². The zero-order valence-corrected chi connectivity index (χ0v) is 23.5. The molecular formula is C30H32N3O3S2+. The van der Waals surface area contributed by atoms with Crippen LogP contribution in [0.3, 0.4) is 0 Å². The number of allylic oxidation sites excluding steroid dienone is 5. The lowest BCUT2D eigenvalue weighted by atomic mass is 9.90. The largest absolute Gasteiger partial charge is 0.491 e. The minimum atomic E-state index is -0.996. The predicted octanol–water partition coefficient (Wildman–Crippen LogP) is 4.76. The van der Waals surface area contributed by atoms with Gasteiger partial charge in [-0.05, 0) is 72.1 Å². The number of aliphatic imine (C=N–C) groups is 1. The second-order valence-electron chi connectivity index (χ2n) is 9.36. The number of carbonyl (C=O) groups excluding carboxylic acids is 1. The van der Waals surface area contributed by atoms with Crippen LogP contribution in [-0.2, 0) is 10.8 Å². The molecule has 2 aliphatic heterocycles. The van der Waals surface area contributed by atoms with Crippen molar-refractivity contribution in [3.63, 3.8) is 0 Å². The summed E-state index contributed by atoms with van der Waals surface area (Å²) in [5.41, 5.74) is 10.3. The minimum Gasteiger partial charge on any atom is -0.391 e. The topological polar surface area (TPSA) is 81.8 Å². The van der Waals surface area contributed by atoms with Gasteiger partial charge in [0, 0.05) is 50.6 Å². The van der Waals surface area contributed by atoms with E-state index >= 15 is 0 Å². The predicted molar refractivity (Wildman–Crippen MR) is 160 cm³/mol. The molecule has 2 N–H and O–H groups in total. The molecule has 0 radical (unpaired) electrons. The average Bonchev–Trinajstić information content (AvgIpc) is 3.03. The number of carbonyl (C=O) groups is 1. The van der Waals surface area contributed by atoms with Crippen molar-refractivity contribution in [1.82, 2.24) is 5.32 Å². The molecule has 8 heteroatoms. The van der Waals surface area contributed by atoms with Gasteiger partial charge in [0.05, 0.1) is 25.4 Å². The summed E-state index contributed by atoms with van der Waals surface area (Å²) in [5, 5.41) is 12.5. The highest BCUT2D eigenvalue weighted by atomic mass is 32.2. The molecule has 38 heavy (non-hydrogen) atoms. The Hall–Kier alpha value is -3.29. The standard InChI is InChI=1S/C30H31N3O3S2/c1-7-31-30(35)33(5)29-19(3)25-14-23(24-12-18(2)27(20(4)34)32-16-24)15-26(28(25)37-29)22-11-9-8-10-21(13-22)17-38(6)36/h8-10,12-16,20,27,29,34H,2-3,5,7,17H2,1,4,6H3/p+1. The van der Waals surface area contributed by atoms with Crippen molar-refractivity contribution in [2.24, 2.45) is 4.99 Å². The van der Waals surface area contributed by atoms with E-state index in [0.29, 0.717) is 12.3 Å². The third-order valence-electron chi connectivity index (χ3n) is 6.35. The number of thioether (sulfide) groups is 1. The van der Waals surface area contributed by atoms with Crippen molar-refractivity contribution in [3.8, 4) is 0 Å². The zero-order valence-electron chi connectivity index (χ0n) is 21.9. The number of rotatable bonds is 7. The second kappa shape index (κ2) is 11.6. The SMILES string of the molecule is C=C1C=C(c2cc3c(c(C4=C=CC=CC(CS(C)=O)=C4)c2)SC([N+](=C)C(=O)NCC)C3=C)C=NC1C(C)O. The molecule has 0 saturated heterocycles. The number of nitrogens with one attached hydrogen (secondary N) is 1. The molecule has 4 atom stereocenters. The fourth-order valence-corrected chi connectivity index (χ4v) is 6.50.